The number of furan rings is 1. The van der Waals surface area contributed by atoms with Gasteiger partial charge in [-0.05, 0) is 19.1 Å². The molecular weight excluding hydrogens is 209 g/mol. The van der Waals surface area contributed by atoms with Gasteiger partial charge in [0, 0.05) is 17.1 Å². The van der Waals surface area contributed by atoms with Crippen molar-refractivity contribution < 1.29 is 4.42 Å². The Bertz CT molecular complexity index is 294. The second kappa shape index (κ2) is 5.32. The third-order valence-electron chi connectivity index (χ3n) is 1.51. The van der Waals surface area contributed by atoms with Gasteiger partial charge < -0.3 is 9.73 Å². The van der Waals surface area contributed by atoms with Gasteiger partial charge in [0.1, 0.15) is 11.5 Å². The normalized spacial score (nSPS) is 12.1. The van der Waals surface area contributed by atoms with E-state index in [1.54, 1.807) is 0 Å². The van der Waals surface area contributed by atoms with Crippen LogP contribution >= 0.6 is 23.2 Å². The number of nitrogens with one attached hydrogen (secondary N) is 1. The van der Waals surface area contributed by atoms with E-state index in [-0.39, 0.29) is 0 Å². The van der Waals surface area contributed by atoms with Crippen LogP contribution in [0.4, 0.5) is 0 Å². The van der Waals surface area contributed by atoms with E-state index in [2.05, 4.69) is 5.32 Å². The molecule has 0 aliphatic rings. The van der Waals surface area contributed by atoms with Crippen LogP contribution in [-0.2, 0) is 6.54 Å². The first-order valence-corrected chi connectivity index (χ1v) is 4.74. The summed E-state index contributed by atoms with van der Waals surface area (Å²) in [6, 6.07) is 3.86. The maximum atomic E-state index is 5.67. The molecule has 0 aliphatic carbocycles. The Morgan fingerprint density at radius 1 is 1.62 bits per heavy atom. The Morgan fingerprint density at radius 2 is 2.38 bits per heavy atom. The molecule has 72 valence electrons. The van der Waals surface area contributed by atoms with Gasteiger partial charge >= 0.3 is 0 Å². The lowest BCUT2D eigenvalue weighted by Gasteiger charge is -1.99. The van der Waals surface area contributed by atoms with Gasteiger partial charge in [-0.2, -0.15) is 0 Å². The third kappa shape index (κ3) is 3.85. The van der Waals surface area contributed by atoms with Crippen molar-refractivity contribution in [3.63, 3.8) is 0 Å². The van der Waals surface area contributed by atoms with E-state index in [4.69, 9.17) is 27.6 Å². The highest BCUT2D eigenvalue weighted by molar-refractivity contribution is 6.36. The first-order valence-electron chi connectivity index (χ1n) is 3.93. The molecule has 1 aromatic heterocycles. The van der Waals surface area contributed by atoms with Crippen LogP contribution in [0.1, 0.15) is 11.5 Å². The molecule has 1 aromatic rings. The van der Waals surface area contributed by atoms with E-state index in [0.717, 1.165) is 11.5 Å². The fraction of sp³-hybridized carbons (Fsp3) is 0.333. The smallest absolute Gasteiger partial charge is 0.117 e. The van der Waals surface area contributed by atoms with Crippen LogP contribution in [0.15, 0.2) is 27.1 Å². The predicted octanol–water partition coefficient (Wildman–Crippen LogP) is 3.00. The number of hydrogen-bond acceptors (Lipinski definition) is 2. The fourth-order valence-corrected chi connectivity index (χ4v) is 1.10. The summed E-state index contributed by atoms with van der Waals surface area (Å²) in [6.45, 7) is 3.13. The van der Waals surface area contributed by atoms with Gasteiger partial charge in [0.25, 0.3) is 0 Å². The molecule has 0 aromatic carbocycles. The van der Waals surface area contributed by atoms with Gasteiger partial charge in [0.05, 0.1) is 6.54 Å². The third-order valence-corrected chi connectivity index (χ3v) is 2.13. The zero-order valence-corrected chi connectivity index (χ0v) is 8.82. The molecule has 0 unspecified atom stereocenters. The maximum Gasteiger partial charge on any atom is 0.117 e. The van der Waals surface area contributed by atoms with Crippen LogP contribution in [0.2, 0.25) is 0 Å². The molecule has 0 saturated carbocycles. The van der Waals surface area contributed by atoms with Gasteiger partial charge in [-0.3, -0.25) is 0 Å². The Hall–Kier alpha value is -0.440. The molecule has 0 saturated heterocycles. The van der Waals surface area contributed by atoms with Crippen LogP contribution in [-0.4, -0.2) is 6.54 Å². The average molecular weight is 220 g/mol. The first kappa shape index (κ1) is 10.6. The molecule has 1 heterocycles. The summed E-state index contributed by atoms with van der Waals surface area (Å²) >= 11 is 11.1. The minimum absolute atomic E-state index is 0.560. The van der Waals surface area contributed by atoms with Crippen LogP contribution in [0.5, 0.6) is 0 Å². The molecule has 1 N–H and O–H groups in total. The Morgan fingerprint density at radius 3 is 2.92 bits per heavy atom. The second-order valence-corrected chi connectivity index (χ2v) is 3.38. The molecular formula is C9H11Cl2NO. The average Bonchev–Trinajstić information content (AvgIpc) is 2.51. The van der Waals surface area contributed by atoms with E-state index in [9.17, 15) is 0 Å². The van der Waals surface area contributed by atoms with E-state index in [1.165, 1.54) is 5.54 Å². The number of rotatable bonds is 4. The Labute approximate surface area is 87.5 Å². The summed E-state index contributed by atoms with van der Waals surface area (Å²) in [5, 5.41) is 3.68. The molecule has 0 atom stereocenters. The fourth-order valence-electron chi connectivity index (χ4n) is 0.924. The largest absolute Gasteiger partial charge is 0.465 e. The SMILES string of the molecule is Cc1ccc(CNCC(Cl)=CCl)o1. The lowest BCUT2D eigenvalue weighted by Crippen LogP contribution is -2.14. The molecule has 0 amide bonds. The molecule has 0 fully saturated rings. The number of halogens is 2. The molecule has 2 nitrogen and oxygen atoms in total. The van der Waals surface area contributed by atoms with Crippen LogP contribution < -0.4 is 5.32 Å². The Balaban J connectivity index is 2.28. The summed E-state index contributed by atoms with van der Waals surface area (Å²) < 4.78 is 5.34. The predicted molar refractivity (Wildman–Crippen MR) is 54.9 cm³/mol. The van der Waals surface area contributed by atoms with Gasteiger partial charge in [0.15, 0.2) is 0 Å². The highest BCUT2D eigenvalue weighted by Gasteiger charge is 1.97. The summed E-state index contributed by atoms with van der Waals surface area (Å²) in [5.74, 6) is 1.81. The molecule has 1 rings (SSSR count). The number of aryl methyl sites for hydroxylation is 1. The van der Waals surface area contributed by atoms with Crippen LogP contribution in [0.3, 0.4) is 0 Å². The monoisotopic (exact) mass is 219 g/mol. The molecule has 0 spiro atoms. The van der Waals surface area contributed by atoms with E-state index >= 15 is 0 Å². The minimum atomic E-state index is 0.560. The van der Waals surface area contributed by atoms with Gasteiger partial charge in [-0.25, -0.2) is 0 Å². The first-order chi connectivity index (χ1) is 6.22. The lowest BCUT2D eigenvalue weighted by molar-refractivity contribution is 0.467. The zero-order valence-electron chi connectivity index (χ0n) is 7.31. The van der Waals surface area contributed by atoms with Gasteiger partial charge in [-0.15, -0.1) is 0 Å². The quantitative estimate of drug-likeness (QED) is 0.843. The standard InChI is InChI=1S/C9H11Cl2NO/c1-7-2-3-9(13-7)6-12-5-8(11)4-10/h2-4,12H,5-6H2,1H3. The van der Waals surface area contributed by atoms with E-state index in [0.29, 0.717) is 18.1 Å². The summed E-state index contributed by atoms with van der Waals surface area (Å²) in [7, 11) is 0. The van der Waals surface area contributed by atoms with Crippen LogP contribution in [0.25, 0.3) is 0 Å². The van der Waals surface area contributed by atoms with Crippen molar-refractivity contribution in [3.05, 3.63) is 34.2 Å². The summed E-state index contributed by atoms with van der Waals surface area (Å²) in [6.07, 6.45) is 0. The summed E-state index contributed by atoms with van der Waals surface area (Å²) in [5.41, 5.74) is 1.35. The Kier molecular flexibility index (Phi) is 4.36. The van der Waals surface area contributed by atoms with Crippen molar-refractivity contribution in [3.8, 4) is 0 Å². The maximum absolute atomic E-state index is 5.67. The molecule has 0 aliphatic heterocycles. The van der Waals surface area contributed by atoms with Crippen molar-refractivity contribution in [1.82, 2.24) is 5.32 Å². The van der Waals surface area contributed by atoms with Crippen molar-refractivity contribution >= 4 is 23.2 Å². The molecule has 0 radical (unpaired) electrons. The number of hydrogen-bond donors (Lipinski definition) is 1. The van der Waals surface area contributed by atoms with Crippen molar-refractivity contribution in [1.29, 1.82) is 0 Å². The lowest BCUT2D eigenvalue weighted by atomic mass is 10.4. The zero-order chi connectivity index (χ0) is 9.68. The van der Waals surface area contributed by atoms with Crippen molar-refractivity contribution in [2.45, 2.75) is 13.5 Å². The second-order valence-electron chi connectivity index (χ2n) is 2.67. The van der Waals surface area contributed by atoms with Gasteiger partial charge in [0.2, 0.25) is 0 Å². The molecule has 4 heteroatoms. The molecule has 0 bridgehead atoms. The topological polar surface area (TPSA) is 25.2 Å². The minimum Gasteiger partial charge on any atom is -0.465 e. The van der Waals surface area contributed by atoms with Crippen molar-refractivity contribution in [2.75, 3.05) is 6.54 Å². The van der Waals surface area contributed by atoms with Gasteiger partial charge in [-0.1, -0.05) is 23.2 Å². The summed E-state index contributed by atoms with van der Waals surface area (Å²) in [4.78, 5) is 0. The highest BCUT2D eigenvalue weighted by Crippen LogP contribution is 2.06. The van der Waals surface area contributed by atoms with E-state index in [1.807, 2.05) is 19.1 Å². The molecule has 13 heavy (non-hydrogen) atoms. The van der Waals surface area contributed by atoms with Crippen molar-refractivity contribution in [2.24, 2.45) is 0 Å². The van der Waals surface area contributed by atoms with Crippen LogP contribution in [0, 0.1) is 6.92 Å². The van der Waals surface area contributed by atoms with E-state index < -0.39 is 0 Å². The highest BCUT2D eigenvalue weighted by atomic mass is 35.5.